The summed E-state index contributed by atoms with van der Waals surface area (Å²) in [6.45, 7) is 3.50. The van der Waals surface area contributed by atoms with E-state index in [4.69, 9.17) is 9.47 Å². The number of piperidine rings is 1. The van der Waals surface area contributed by atoms with Crippen LogP contribution in [0.3, 0.4) is 0 Å². The summed E-state index contributed by atoms with van der Waals surface area (Å²) >= 11 is 0. The van der Waals surface area contributed by atoms with E-state index < -0.39 is 0 Å². The molecule has 0 aromatic heterocycles. The van der Waals surface area contributed by atoms with E-state index in [0.29, 0.717) is 26.3 Å². The topological polar surface area (TPSA) is 50.8 Å². The first kappa shape index (κ1) is 12.8. The highest BCUT2D eigenvalue weighted by molar-refractivity contribution is 5.82. The molecule has 1 amide bonds. The molecule has 0 saturated carbocycles. The quantitative estimate of drug-likeness (QED) is 0.757. The number of rotatable bonds is 3. The fraction of sp³-hybridized carbons (Fsp3) is 0.917. The molecule has 17 heavy (non-hydrogen) atoms. The van der Waals surface area contributed by atoms with Crippen molar-refractivity contribution in [2.24, 2.45) is 0 Å². The number of nitrogens with one attached hydrogen (secondary N) is 1. The van der Waals surface area contributed by atoms with Gasteiger partial charge in [0.25, 0.3) is 0 Å². The molecule has 2 aliphatic heterocycles. The Balaban J connectivity index is 1.85. The molecule has 2 rings (SSSR count). The van der Waals surface area contributed by atoms with Crippen LogP contribution in [-0.4, -0.2) is 62.9 Å². The van der Waals surface area contributed by atoms with Crippen LogP contribution in [0.5, 0.6) is 0 Å². The number of hydrogen-bond donors (Lipinski definition) is 1. The Morgan fingerprint density at radius 3 is 3.12 bits per heavy atom. The number of methoxy groups -OCH3 is 1. The van der Waals surface area contributed by atoms with Crippen LogP contribution in [0, 0.1) is 0 Å². The van der Waals surface area contributed by atoms with Gasteiger partial charge in [-0.15, -0.1) is 0 Å². The van der Waals surface area contributed by atoms with Gasteiger partial charge in [-0.25, -0.2) is 0 Å². The summed E-state index contributed by atoms with van der Waals surface area (Å²) in [6, 6.07) is 0.0186. The van der Waals surface area contributed by atoms with Crippen molar-refractivity contribution in [2.45, 2.75) is 31.4 Å². The first-order valence-corrected chi connectivity index (χ1v) is 6.44. The summed E-state index contributed by atoms with van der Waals surface area (Å²) < 4.78 is 10.6. The van der Waals surface area contributed by atoms with Crippen LogP contribution in [0.25, 0.3) is 0 Å². The molecule has 98 valence electrons. The maximum absolute atomic E-state index is 12.3. The molecule has 2 fully saturated rings. The molecule has 1 N–H and O–H groups in total. The van der Waals surface area contributed by atoms with Gasteiger partial charge in [-0.1, -0.05) is 6.42 Å². The highest BCUT2D eigenvalue weighted by atomic mass is 16.5. The average molecular weight is 242 g/mol. The average Bonchev–Trinajstić information content (AvgIpc) is 2.40. The highest BCUT2D eigenvalue weighted by Gasteiger charge is 2.29. The Morgan fingerprint density at radius 1 is 1.53 bits per heavy atom. The molecule has 2 saturated heterocycles. The lowest BCUT2D eigenvalue weighted by Gasteiger charge is -2.35. The highest BCUT2D eigenvalue weighted by Crippen LogP contribution is 2.13. The summed E-state index contributed by atoms with van der Waals surface area (Å²) in [5.41, 5.74) is 0. The number of nitrogens with zero attached hydrogens (tertiary/aromatic N) is 1. The van der Waals surface area contributed by atoms with Crippen LogP contribution in [0.2, 0.25) is 0 Å². The zero-order valence-electron chi connectivity index (χ0n) is 10.5. The standard InChI is InChI=1S/C12H22N2O3/c1-16-9-10-8-14(6-7-17-10)12(15)11-4-2-3-5-13-11/h10-11,13H,2-9H2,1H3. The van der Waals surface area contributed by atoms with Crippen molar-refractivity contribution >= 4 is 5.91 Å². The molecule has 0 aromatic rings. The van der Waals surface area contributed by atoms with Gasteiger partial charge in [0.05, 0.1) is 25.4 Å². The van der Waals surface area contributed by atoms with Crippen LogP contribution in [0.1, 0.15) is 19.3 Å². The number of carbonyl (C=O) groups excluding carboxylic acids is 1. The van der Waals surface area contributed by atoms with E-state index in [1.54, 1.807) is 7.11 Å². The van der Waals surface area contributed by atoms with Crippen LogP contribution in [-0.2, 0) is 14.3 Å². The molecule has 5 heteroatoms. The summed E-state index contributed by atoms with van der Waals surface area (Å²) in [6.07, 6.45) is 3.32. The van der Waals surface area contributed by atoms with Crippen LogP contribution < -0.4 is 5.32 Å². The summed E-state index contributed by atoms with van der Waals surface area (Å²) in [7, 11) is 1.66. The molecule has 0 aliphatic carbocycles. The Bertz CT molecular complexity index is 252. The van der Waals surface area contributed by atoms with Crippen LogP contribution >= 0.6 is 0 Å². The smallest absolute Gasteiger partial charge is 0.239 e. The van der Waals surface area contributed by atoms with Gasteiger partial charge in [-0.2, -0.15) is 0 Å². The van der Waals surface area contributed by atoms with Gasteiger partial charge < -0.3 is 19.7 Å². The molecule has 0 spiro atoms. The second-order valence-corrected chi connectivity index (χ2v) is 4.73. The molecular formula is C12H22N2O3. The molecule has 0 bridgehead atoms. The third-order valence-electron chi connectivity index (χ3n) is 3.41. The van der Waals surface area contributed by atoms with Gasteiger partial charge in [0, 0.05) is 20.2 Å². The van der Waals surface area contributed by atoms with E-state index in [0.717, 1.165) is 19.4 Å². The minimum atomic E-state index is 0.0186. The Kier molecular flexibility index (Phi) is 4.76. The van der Waals surface area contributed by atoms with Crippen LogP contribution in [0.15, 0.2) is 0 Å². The zero-order chi connectivity index (χ0) is 12.1. The van der Waals surface area contributed by atoms with Crippen molar-refractivity contribution in [3.63, 3.8) is 0 Å². The minimum Gasteiger partial charge on any atom is -0.382 e. The lowest BCUT2D eigenvalue weighted by Crippen LogP contribution is -2.54. The Labute approximate surface area is 102 Å². The number of morpholine rings is 1. The predicted molar refractivity (Wildman–Crippen MR) is 63.8 cm³/mol. The van der Waals surface area contributed by atoms with Gasteiger partial charge in [-0.05, 0) is 19.4 Å². The lowest BCUT2D eigenvalue weighted by atomic mass is 10.0. The maximum atomic E-state index is 12.3. The Hall–Kier alpha value is -0.650. The third-order valence-corrected chi connectivity index (χ3v) is 3.41. The summed E-state index contributed by atoms with van der Waals surface area (Å²) in [4.78, 5) is 14.2. The number of carbonyl (C=O) groups is 1. The number of ether oxygens (including phenoxy) is 2. The van der Waals surface area contributed by atoms with E-state index in [2.05, 4.69) is 5.32 Å². The second kappa shape index (κ2) is 6.33. The third kappa shape index (κ3) is 3.40. The second-order valence-electron chi connectivity index (χ2n) is 4.73. The summed E-state index contributed by atoms with van der Waals surface area (Å²) in [5.74, 6) is 0.231. The molecule has 0 aromatic carbocycles. The largest absolute Gasteiger partial charge is 0.382 e. The molecule has 2 heterocycles. The number of amides is 1. The first-order valence-electron chi connectivity index (χ1n) is 6.44. The molecule has 0 radical (unpaired) electrons. The molecule has 5 nitrogen and oxygen atoms in total. The normalized spacial score (nSPS) is 30.3. The monoisotopic (exact) mass is 242 g/mol. The first-order chi connectivity index (χ1) is 8.31. The van der Waals surface area contributed by atoms with Crippen molar-refractivity contribution in [2.75, 3.05) is 40.0 Å². The van der Waals surface area contributed by atoms with E-state index in [9.17, 15) is 4.79 Å². The van der Waals surface area contributed by atoms with Gasteiger partial charge in [-0.3, -0.25) is 4.79 Å². The summed E-state index contributed by atoms with van der Waals surface area (Å²) in [5, 5.41) is 3.30. The van der Waals surface area contributed by atoms with Gasteiger partial charge in [0.1, 0.15) is 0 Å². The maximum Gasteiger partial charge on any atom is 0.239 e. The number of hydrogen-bond acceptors (Lipinski definition) is 4. The van der Waals surface area contributed by atoms with Crippen molar-refractivity contribution in [1.82, 2.24) is 10.2 Å². The lowest BCUT2D eigenvalue weighted by molar-refractivity contribution is -0.143. The molecule has 2 unspecified atom stereocenters. The van der Waals surface area contributed by atoms with E-state index in [1.165, 1.54) is 6.42 Å². The fourth-order valence-electron chi connectivity index (χ4n) is 2.49. The van der Waals surface area contributed by atoms with Crippen molar-refractivity contribution in [3.05, 3.63) is 0 Å². The predicted octanol–water partition coefficient (Wildman–Crippen LogP) is 0.00230. The van der Waals surface area contributed by atoms with Crippen molar-refractivity contribution in [3.8, 4) is 0 Å². The van der Waals surface area contributed by atoms with E-state index in [-0.39, 0.29) is 18.1 Å². The van der Waals surface area contributed by atoms with E-state index in [1.807, 2.05) is 4.90 Å². The van der Waals surface area contributed by atoms with Crippen molar-refractivity contribution < 1.29 is 14.3 Å². The van der Waals surface area contributed by atoms with Gasteiger partial charge >= 0.3 is 0 Å². The van der Waals surface area contributed by atoms with Crippen LogP contribution in [0.4, 0.5) is 0 Å². The van der Waals surface area contributed by atoms with Gasteiger partial charge in [0.15, 0.2) is 0 Å². The molecule has 2 atom stereocenters. The minimum absolute atomic E-state index is 0.0186. The Morgan fingerprint density at radius 2 is 2.41 bits per heavy atom. The van der Waals surface area contributed by atoms with Crippen molar-refractivity contribution in [1.29, 1.82) is 0 Å². The van der Waals surface area contributed by atoms with E-state index >= 15 is 0 Å². The van der Waals surface area contributed by atoms with Gasteiger partial charge in [0.2, 0.25) is 5.91 Å². The molecule has 2 aliphatic rings. The molecular weight excluding hydrogens is 220 g/mol. The SMILES string of the molecule is COCC1CN(C(=O)C2CCCCN2)CCO1. The fourth-order valence-corrected chi connectivity index (χ4v) is 2.49. The zero-order valence-corrected chi connectivity index (χ0v) is 10.5.